The highest BCUT2D eigenvalue weighted by Crippen LogP contribution is 2.30. The van der Waals surface area contributed by atoms with E-state index < -0.39 is 30.0 Å². The number of pyridine rings is 1. The molecule has 2 atom stereocenters. The fourth-order valence-electron chi connectivity index (χ4n) is 5.06. The van der Waals surface area contributed by atoms with E-state index in [0.29, 0.717) is 57.1 Å². The third-order valence-electron chi connectivity index (χ3n) is 7.60. The van der Waals surface area contributed by atoms with Gasteiger partial charge in [-0.05, 0) is 86.7 Å². The molecule has 1 saturated heterocycles. The van der Waals surface area contributed by atoms with Gasteiger partial charge in [-0.3, -0.25) is 9.59 Å². The second-order valence-corrected chi connectivity index (χ2v) is 11.7. The summed E-state index contributed by atoms with van der Waals surface area (Å²) in [6.45, 7) is 4.35. The van der Waals surface area contributed by atoms with E-state index >= 15 is 0 Å². The lowest BCUT2D eigenvalue weighted by atomic mass is 10.0. The van der Waals surface area contributed by atoms with Crippen molar-refractivity contribution in [2.45, 2.75) is 51.0 Å². The maximum absolute atomic E-state index is 13.0. The van der Waals surface area contributed by atoms with E-state index in [2.05, 4.69) is 21.7 Å². The number of nitrogens with two attached hydrogens (primary N) is 1. The first kappa shape index (κ1) is 39.3. The van der Waals surface area contributed by atoms with Crippen molar-refractivity contribution in [2.24, 2.45) is 5.73 Å². The third-order valence-corrected chi connectivity index (χ3v) is 7.60. The highest BCUT2D eigenvalue weighted by atomic mass is 19.4. The van der Waals surface area contributed by atoms with Gasteiger partial charge in [0.05, 0.1) is 26.4 Å². The number of hydrogen-bond acceptors (Lipinski definition) is 10. The van der Waals surface area contributed by atoms with Gasteiger partial charge in [0, 0.05) is 25.8 Å². The molecule has 2 unspecified atom stereocenters. The molecule has 4 N–H and O–H groups in total. The first-order valence-electron chi connectivity index (χ1n) is 16.8. The van der Waals surface area contributed by atoms with Crippen molar-refractivity contribution in [2.75, 3.05) is 59.3 Å². The van der Waals surface area contributed by atoms with Crippen LogP contribution in [0.5, 0.6) is 23.1 Å². The van der Waals surface area contributed by atoms with Crippen LogP contribution in [0.2, 0.25) is 0 Å². The summed E-state index contributed by atoms with van der Waals surface area (Å²) in [6, 6.07) is 16.7. The summed E-state index contributed by atoms with van der Waals surface area (Å²) in [7, 11) is 0. The molecular weight excluding hydrogens is 673 g/mol. The number of rotatable bonds is 20. The minimum absolute atomic E-state index is 0.126. The van der Waals surface area contributed by atoms with E-state index in [9.17, 15) is 22.8 Å². The summed E-state index contributed by atoms with van der Waals surface area (Å²) in [4.78, 5) is 28.2. The monoisotopic (exact) mass is 718 g/mol. The van der Waals surface area contributed by atoms with Crippen molar-refractivity contribution in [3.8, 4) is 23.1 Å². The number of ether oxygens (including phenoxy) is 6. The standard InChI is InChI=1S/C36H45F3N4O8/c1-25-23-26(14-15-40)8-13-29(25)50-28-11-9-27(10-12-28)48-19-4-16-41-32(44)24-47-22-21-46-20-17-42-35(45)34-30(5-3-18-49-34)51-33-7-2-6-31(43-33)36(37,38)39/h2,6-13,23,30,34H,3-5,14-22,24,40H2,1H3,(H,41,44)(H,42,45). The molecule has 15 heteroatoms. The zero-order valence-electron chi connectivity index (χ0n) is 28.5. The molecule has 0 aliphatic carbocycles. The SMILES string of the molecule is Cc1cc(CCN)ccc1Oc1ccc(OCCCNC(=O)COCCOCCNC(=O)C2OCCCC2Oc2cccc(C(F)(F)F)n2)cc1. The number of benzene rings is 2. The van der Waals surface area contributed by atoms with Gasteiger partial charge in [-0.25, -0.2) is 4.98 Å². The molecule has 2 aromatic carbocycles. The quantitative estimate of drug-likeness (QED) is 0.144. The molecule has 3 aromatic rings. The van der Waals surface area contributed by atoms with Gasteiger partial charge in [-0.2, -0.15) is 13.2 Å². The fourth-order valence-corrected chi connectivity index (χ4v) is 5.06. The van der Waals surface area contributed by atoms with Crippen molar-refractivity contribution in [1.29, 1.82) is 0 Å². The smallest absolute Gasteiger partial charge is 0.433 e. The van der Waals surface area contributed by atoms with Gasteiger partial charge in [0.25, 0.3) is 5.91 Å². The molecule has 2 amide bonds. The van der Waals surface area contributed by atoms with Crippen LogP contribution in [0.4, 0.5) is 13.2 Å². The van der Waals surface area contributed by atoms with Crippen LogP contribution >= 0.6 is 0 Å². The average Bonchev–Trinajstić information content (AvgIpc) is 3.11. The zero-order valence-corrected chi connectivity index (χ0v) is 28.5. The second kappa shape index (κ2) is 20.4. The predicted octanol–water partition coefficient (Wildman–Crippen LogP) is 4.36. The van der Waals surface area contributed by atoms with E-state index in [1.165, 1.54) is 17.7 Å². The number of carbonyl (C=O) groups is 2. The number of nitrogens with zero attached hydrogens (tertiary/aromatic N) is 1. The second-order valence-electron chi connectivity index (χ2n) is 11.7. The fraction of sp³-hybridized carbons (Fsp3) is 0.472. The van der Waals surface area contributed by atoms with Crippen molar-refractivity contribution in [3.63, 3.8) is 0 Å². The number of aromatic nitrogens is 1. The van der Waals surface area contributed by atoms with E-state index in [0.717, 1.165) is 23.8 Å². The summed E-state index contributed by atoms with van der Waals surface area (Å²) in [6.07, 6.45) is -3.97. The number of hydrogen-bond donors (Lipinski definition) is 3. The average molecular weight is 719 g/mol. The summed E-state index contributed by atoms with van der Waals surface area (Å²) >= 11 is 0. The van der Waals surface area contributed by atoms with Crippen molar-refractivity contribution >= 4 is 11.8 Å². The van der Waals surface area contributed by atoms with Crippen molar-refractivity contribution < 1.29 is 51.2 Å². The molecule has 0 spiro atoms. The van der Waals surface area contributed by atoms with Gasteiger partial charge in [0.15, 0.2) is 6.10 Å². The predicted molar refractivity (Wildman–Crippen MR) is 181 cm³/mol. The molecule has 0 saturated carbocycles. The molecule has 4 rings (SSSR count). The van der Waals surface area contributed by atoms with E-state index in [1.807, 2.05) is 43.3 Å². The maximum atomic E-state index is 13.0. The normalized spacial score (nSPS) is 15.9. The Balaban J connectivity index is 1.00. The molecule has 278 valence electrons. The highest BCUT2D eigenvalue weighted by Gasteiger charge is 2.36. The highest BCUT2D eigenvalue weighted by molar-refractivity contribution is 5.81. The van der Waals surface area contributed by atoms with Gasteiger partial charge < -0.3 is 44.8 Å². The number of nitrogens with one attached hydrogen (secondary N) is 2. The van der Waals surface area contributed by atoms with Gasteiger partial charge in [-0.1, -0.05) is 18.2 Å². The number of carbonyl (C=O) groups excluding carboxylic acids is 2. The maximum Gasteiger partial charge on any atom is 0.433 e. The van der Waals surface area contributed by atoms with Gasteiger partial charge in [-0.15, -0.1) is 0 Å². The Kier molecular flexibility index (Phi) is 15.8. The van der Waals surface area contributed by atoms with Crippen molar-refractivity contribution in [1.82, 2.24) is 15.6 Å². The Labute approximate surface area is 295 Å². The lowest BCUT2D eigenvalue weighted by molar-refractivity contribution is -0.146. The molecular formula is C36H45F3N4O8. The van der Waals surface area contributed by atoms with E-state index in [1.54, 1.807) is 0 Å². The van der Waals surface area contributed by atoms with Crippen molar-refractivity contribution in [3.05, 3.63) is 77.5 Å². The van der Waals surface area contributed by atoms with E-state index in [-0.39, 0.29) is 44.8 Å². The molecule has 12 nitrogen and oxygen atoms in total. The van der Waals surface area contributed by atoms with Crippen LogP contribution in [-0.2, 0) is 36.4 Å². The topological polar surface area (TPSA) is 152 Å². The minimum Gasteiger partial charge on any atom is -0.494 e. The van der Waals surface area contributed by atoms with Gasteiger partial charge in [0.1, 0.15) is 35.7 Å². The summed E-state index contributed by atoms with van der Waals surface area (Å²) in [5.41, 5.74) is 6.77. The Hall–Kier alpha value is -4.44. The first-order chi connectivity index (χ1) is 24.6. The van der Waals surface area contributed by atoms with Crippen LogP contribution < -0.4 is 30.6 Å². The summed E-state index contributed by atoms with van der Waals surface area (Å²) in [5.74, 6) is 1.22. The summed E-state index contributed by atoms with van der Waals surface area (Å²) in [5, 5.41) is 5.45. The number of halogens is 3. The first-order valence-corrected chi connectivity index (χ1v) is 16.8. The molecule has 2 heterocycles. The molecule has 0 radical (unpaired) electrons. The molecule has 1 aliphatic rings. The zero-order chi connectivity index (χ0) is 36.5. The number of alkyl halides is 3. The lowest BCUT2D eigenvalue weighted by Gasteiger charge is -2.30. The molecule has 1 aromatic heterocycles. The van der Waals surface area contributed by atoms with E-state index in [4.69, 9.17) is 34.2 Å². The third kappa shape index (κ3) is 13.7. The van der Waals surface area contributed by atoms with Crippen LogP contribution in [0.25, 0.3) is 0 Å². The Morgan fingerprint density at radius 3 is 2.51 bits per heavy atom. The molecule has 1 fully saturated rings. The number of amides is 2. The Morgan fingerprint density at radius 1 is 0.961 bits per heavy atom. The van der Waals surface area contributed by atoms with Gasteiger partial charge >= 0.3 is 6.18 Å². The van der Waals surface area contributed by atoms with Crippen LogP contribution in [-0.4, -0.2) is 88.3 Å². The largest absolute Gasteiger partial charge is 0.494 e. The van der Waals surface area contributed by atoms with Crippen LogP contribution in [0.15, 0.2) is 60.7 Å². The molecule has 0 bridgehead atoms. The lowest BCUT2D eigenvalue weighted by Crippen LogP contribution is -2.49. The summed E-state index contributed by atoms with van der Waals surface area (Å²) < 4.78 is 72.7. The number of aryl methyl sites for hydroxylation is 1. The Bertz CT molecular complexity index is 1530. The van der Waals surface area contributed by atoms with Crippen LogP contribution in [0.3, 0.4) is 0 Å². The molecule has 1 aliphatic heterocycles. The van der Waals surface area contributed by atoms with Crippen LogP contribution in [0.1, 0.15) is 36.1 Å². The minimum atomic E-state index is -4.61. The van der Waals surface area contributed by atoms with Gasteiger partial charge in [0.2, 0.25) is 11.8 Å². The Morgan fingerprint density at radius 2 is 1.75 bits per heavy atom. The molecule has 51 heavy (non-hydrogen) atoms. The van der Waals surface area contributed by atoms with Crippen LogP contribution in [0, 0.1) is 6.92 Å².